The number of ether oxygens (including phenoxy) is 2. The number of methoxy groups -OCH3 is 2. The number of nitrogens with zero attached hydrogens (tertiary/aromatic N) is 1. The first kappa shape index (κ1) is 16.4. The van der Waals surface area contributed by atoms with Gasteiger partial charge in [0.1, 0.15) is 11.6 Å². The Morgan fingerprint density at radius 1 is 1.35 bits per heavy atom. The number of halogens is 1. The van der Waals surface area contributed by atoms with Crippen LogP contribution in [-0.2, 0) is 4.74 Å². The zero-order chi connectivity index (χ0) is 15.0. The molecule has 0 heterocycles. The van der Waals surface area contributed by atoms with Crippen LogP contribution in [0.1, 0.15) is 16.8 Å². The van der Waals surface area contributed by atoms with Crippen LogP contribution in [0.4, 0.5) is 4.39 Å². The topological polar surface area (TPSA) is 64.8 Å². The van der Waals surface area contributed by atoms with Crippen molar-refractivity contribution in [3.8, 4) is 5.75 Å². The molecule has 0 saturated heterocycles. The molecule has 1 amide bonds. The molecular weight excluding hydrogens is 263 g/mol. The Hall–Kier alpha value is -1.66. The Bertz CT molecular complexity index is 432. The molecule has 0 atom stereocenters. The molecule has 0 bridgehead atoms. The van der Waals surface area contributed by atoms with Crippen LogP contribution in [0.5, 0.6) is 5.75 Å². The second kappa shape index (κ2) is 8.50. The van der Waals surface area contributed by atoms with E-state index in [0.717, 1.165) is 0 Å². The molecule has 0 aliphatic carbocycles. The molecule has 5 nitrogen and oxygen atoms in total. The van der Waals surface area contributed by atoms with Crippen molar-refractivity contribution >= 4 is 5.91 Å². The summed E-state index contributed by atoms with van der Waals surface area (Å²) in [4.78, 5) is 13.9. The summed E-state index contributed by atoms with van der Waals surface area (Å²) in [5.41, 5.74) is 5.48. The standard InChI is InChI=1S/C14H21FN2O3/c1-19-9-8-17(7-3-6-16)14(18)12-5-4-11(20-2)10-13(12)15/h4-5,10H,3,6-9,16H2,1-2H3. The summed E-state index contributed by atoms with van der Waals surface area (Å²) in [5, 5.41) is 0. The lowest BCUT2D eigenvalue weighted by Gasteiger charge is -2.22. The van der Waals surface area contributed by atoms with Gasteiger partial charge < -0.3 is 20.1 Å². The van der Waals surface area contributed by atoms with Crippen LogP contribution in [0.15, 0.2) is 18.2 Å². The largest absolute Gasteiger partial charge is 0.497 e. The highest BCUT2D eigenvalue weighted by Gasteiger charge is 2.19. The van der Waals surface area contributed by atoms with Gasteiger partial charge in [-0.15, -0.1) is 0 Å². The van der Waals surface area contributed by atoms with E-state index in [1.807, 2.05) is 0 Å². The maximum absolute atomic E-state index is 13.9. The van der Waals surface area contributed by atoms with E-state index in [9.17, 15) is 9.18 Å². The first-order valence-electron chi connectivity index (χ1n) is 6.45. The minimum atomic E-state index is -0.593. The monoisotopic (exact) mass is 284 g/mol. The summed E-state index contributed by atoms with van der Waals surface area (Å²) in [6.45, 7) is 1.75. The fourth-order valence-electron chi connectivity index (χ4n) is 1.77. The summed E-state index contributed by atoms with van der Waals surface area (Å²) in [6, 6.07) is 4.19. The summed E-state index contributed by atoms with van der Waals surface area (Å²) < 4.78 is 23.8. The van der Waals surface area contributed by atoms with E-state index >= 15 is 0 Å². The molecular formula is C14H21FN2O3. The van der Waals surface area contributed by atoms with Crippen LogP contribution in [0.25, 0.3) is 0 Å². The molecule has 0 radical (unpaired) electrons. The maximum Gasteiger partial charge on any atom is 0.256 e. The van der Waals surface area contributed by atoms with Gasteiger partial charge in [-0.25, -0.2) is 4.39 Å². The number of rotatable bonds is 8. The lowest BCUT2D eigenvalue weighted by Crippen LogP contribution is -2.36. The summed E-state index contributed by atoms with van der Waals surface area (Å²) in [7, 11) is 3.00. The summed E-state index contributed by atoms with van der Waals surface area (Å²) in [6.07, 6.45) is 0.660. The smallest absolute Gasteiger partial charge is 0.256 e. The van der Waals surface area contributed by atoms with E-state index in [-0.39, 0.29) is 11.5 Å². The molecule has 1 rings (SSSR count). The molecule has 20 heavy (non-hydrogen) atoms. The van der Waals surface area contributed by atoms with Crippen LogP contribution in [-0.4, -0.2) is 51.3 Å². The minimum absolute atomic E-state index is 0.0268. The second-order valence-corrected chi connectivity index (χ2v) is 4.27. The molecule has 0 saturated carbocycles. The zero-order valence-electron chi connectivity index (χ0n) is 11.9. The Balaban J connectivity index is 2.86. The Morgan fingerprint density at radius 2 is 2.10 bits per heavy atom. The van der Waals surface area contributed by atoms with Crippen LogP contribution in [0.3, 0.4) is 0 Å². The van der Waals surface area contributed by atoms with Gasteiger partial charge in [0.25, 0.3) is 5.91 Å². The van der Waals surface area contributed by atoms with Gasteiger partial charge in [-0.05, 0) is 25.1 Å². The zero-order valence-corrected chi connectivity index (χ0v) is 11.9. The van der Waals surface area contributed by atoms with Gasteiger partial charge in [0.15, 0.2) is 0 Å². The van der Waals surface area contributed by atoms with Crippen molar-refractivity contribution in [3.63, 3.8) is 0 Å². The summed E-state index contributed by atoms with van der Waals surface area (Å²) >= 11 is 0. The number of amides is 1. The summed E-state index contributed by atoms with van der Waals surface area (Å²) in [5.74, 6) is -0.579. The first-order chi connectivity index (χ1) is 9.63. The van der Waals surface area contributed by atoms with Crippen LogP contribution in [0.2, 0.25) is 0 Å². The highest BCUT2D eigenvalue weighted by molar-refractivity contribution is 5.94. The average molecular weight is 284 g/mol. The van der Waals surface area contributed by atoms with E-state index in [1.165, 1.54) is 19.2 Å². The Morgan fingerprint density at radius 3 is 2.65 bits per heavy atom. The number of benzene rings is 1. The Kier molecular flexibility index (Phi) is 6.97. The van der Waals surface area contributed by atoms with Gasteiger partial charge in [-0.1, -0.05) is 0 Å². The first-order valence-corrected chi connectivity index (χ1v) is 6.45. The number of nitrogens with two attached hydrogens (primary N) is 1. The molecule has 0 unspecified atom stereocenters. The molecule has 0 spiro atoms. The van der Waals surface area contributed by atoms with Gasteiger partial charge in [-0.3, -0.25) is 4.79 Å². The normalized spacial score (nSPS) is 10.4. The minimum Gasteiger partial charge on any atom is -0.497 e. The van der Waals surface area contributed by atoms with Crippen molar-refractivity contribution in [2.75, 3.05) is 40.5 Å². The quantitative estimate of drug-likeness (QED) is 0.781. The van der Waals surface area contributed by atoms with Crippen LogP contribution < -0.4 is 10.5 Å². The molecule has 112 valence electrons. The van der Waals surface area contributed by atoms with Gasteiger partial charge in [0.05, 0.1) is 19.3 Å². The molecule has 2 N–H and O–H groups in total. The third-order valence-corrected chi connectivity index (χ3v) is 2.89. The van der Waals surface area contributed by atoms with Crippen LogP contribution >= 0.6 is 0 Å². The predicted molar refractivity (Wildman–Crippen MR) is 74.4 cm³/mol. The fourth-order valence-corrected chi connectivity index (χ4v) is 1.77. The third kappa shape index (κ3) is 4.47. The van der Waals surface area contributed by atoms with Gasteiger partial charge in [-0.2, -0.15) is 0 Å². The molecule has 1 aromatic carbocycles. The molecule has 0 aliphatic heterocycles. The second-order valence-electron chi connectivity index (χ2n) is 4.27. The molecule has 0 aliphatic rings. The highest BCUT2D eigenvalue weighted by atomic mass is 19.1. The lowest BCUT2D eigenvalue weighted by atomic mass is 10.1. The van der Waals surface area contributed by atoms with E-state index in [0.29, 0.717) is 38.4 Å². The molecule has 0 aromatic heterocycles. The SMILES string of the molecule is COCCN(CCCN)C(=O)c1ccc(OC)cc1F. The van der Waals surface area contributed by atoms with E-state index < -0.39 is 5.82 Å². The molecule has 0 fully saturated rings. The number of hydrogen-bond acceptors (Lipinski definition) is 4. The molecule has 1 aromatic rings. The van der Waals surface area contributed by atoms with Crippen molar-refractivity contribution in [1.82, 2.24) is 4.90 Å². The van der Waals surface area contributed by atoms with Gasteiger partial charge >= 0.3 is 0 Å². The number of carbonyl (C=O) groups is 1. The van der Waals surface area contributed by atoms with Gasteiger partial charge in [0, 0.05) is 26.3 Å². The lowest BCUT2D eigenvalue weighted by molar-refractivity contribution is 0.0690. The van der Waals surface area contributed by atoms with Crippen molar-refractivity contribution in [3.05, 3.63) is 29.6 Å². The fraction of sp³-hybridized carbons (Fsp3) is 0.500. The number of carbonyl (C=O) groups excluding carboxylic acids is 1. The Labute approximate surface area is 118 Å². The van der Waals surface area contributed by atoms with Crippen LogP contribution in [0, 0.1) is 5.82 Å². The average Bonchev–Trinajstić information content (AvgIpc) is 2.46. The maximum atomic E-state index is 13.9. The van der Waals surface area contributed by atoms with Crippen molar-refractivity contribution < 1.29 is 18.7 Å². The highest BCUT2D eigenvalue weighted by Crippen LogP contribution is 2.18. The van der Waals surface area contributed by atoms with Gasteiger partial charge in [0.2, 0.25) is 0 Å². The number of hydrogen-bond donors (Lipinski definition) is 1. The van der Waals surface area contributed by atoms with E-state index in [2.05, 4.69) is 0 Å². The van der Waals surface area contributed by atoms with Crippen molar-refractivity contribution in [2.45, 2.75) is 6.42 Å². The molecule has 6 heteroatoms. The van der Waals surface area contributed by atoms with E-state index in [4.69, 9.17) is 15.2 Å². The predicted octanol–water partition coefficient (Wildman–Crippen LogP) is 1.27. The van der Waals surface area contributed by atoms with E-state index in [1.54, 1.807) is 18.1 Å². The van der Waals surface area contributed by atoms with Crippen molar-refractivity contribution in [1.29, 1.82) is 0 Å². The third-order valence-electron chi connectivity index (χ3n) is 2.89. The van der Waals surface area contributed by atoms with Crippen molar-refractivity contribution in [2.24, 2.45) is 5.73 Å².